The van der Waals surface area contributed by atoms with Gasteiger partial charge >= 0.3 is 0 Å². The van der Waals surface area contributed by atoms with Crippen molar-refractivity contribution in [1.82, 2.24) is 10.2 Å². The minimum atomic E-state index is -0.331. The van der Waals surface area contributed by atoms with Gasteiger partial charge < -0.3 is 14.8 Å². The van der Waals surface area contributed by atoms with Crippen molar-refractivity contribution in [3.8, 4) is 0 Å². The summed E-state index contributed by atoms with van der Waals surface area (Å²) in [7, 11) is 3.47. The Morgan fingerprint density at radius 1 is 1.12 bits per heavy atom. The monoisotopic (exact) mass is 242 g/mol. The van der Waals surface area contributed by atoms with E-state index in [2.05, 4.69) is 17.1 Å². The fourth-order valence-corrected chi connectivity index (χ4v) is 3.14. The van der Waals surface area contributed by atoms with Gasteiger partial charge in [0.2, 0.25) is 0 Å². The molecule has 17 heavy (non-hydrogen) atoms. The standard InChI is InChI=1S/C13H26N2O2/c1-4-12(5-7-14-8-6-12)9-15-10-13(11-15,16-2)17-3/h14H,4-11H2,1-3H3. The van der Waals surface area contributed by atoms with Crippen molar-refractivity contribution < 1.29 is 9.47 Å². The summed E-state index contributed by atoms with van der Waals surface area (Å²) in [5, 5.41) is 3.45. The van der Waals surface area contributed by atoms with Crippen LogP contribution in [0.5, 0.6) is 0 Å². The maximum absolute atomic E-state index is 5.43. The zero-order valence-electron chi connectivity index (χ0n) is 11.4. The van der Waals surface area contributed by atoms with Crippen LogP contribution in [0.15, 0.2) is 0 Å². The summed E-state index contributed by atoms with van der Waals surface area (Å²) in [5.41, 5.74) is 0.513. The molecule has 0 aliphatic carbocycles. The quantitative estimate of drug-likeness (QED) is 0.731. The molecule has 0 amide bonds. The third-order valence-electron chi connectivity index (χ3n) is 4.65. The molecule has 0 saturated carbocycles. The molecular weight excluding hydrogens is 216 g/mol. The zero-order chi connectivity index (χ0) is 12.4. The predicted octanol–water partition coefficient (Wildman–Crippen LogP) is 1.07. The largest absolute Gasteiger partial charge is 0.351 e. The highest BCUT2D eigenvalue weighted by Gasteiger charge is 2.46. The average molecular weight is 242 g/mol. The van der Waals surface area contributed by atoms with Crippen molar-refractivity contribution in [1.29, 1.82) is 0 Å². The van der Waals surface area contributed by atoms with E-state index >= 15 is 0 Å². The Balaban J connectivity index is 1.85. The van der Waals surface area contributed by atoms with Crippen LogP contribution in [0.2, 0.25) is 0 Å². The van der Waals surface area contributed by atoms with Crippen LogP contribution in [0.4, 0.5) is 0 Å². The lowest BCUT2D eigenvalue weighted by Gasteiger charge is -2.51. The minimum absolute atomic E-state index is 0.331. The number of nitrogens with one attached hydrogen (secondary N) is 1. The second kappa shape index (κ2) is 5.22. The maximum atomic E-state index is 5.43. The van der Waals surface area contributed by atoms with Gasteiger partial charge in [0.1, 0.15) is 0 Å². The van der Waals surface area contributed by atoms with Crippen molar-refractivity contribution in [2.45, 2.75) is 32.0 Å². The molecule has 4 nitrogen and oxygen atoms in total. The molecule has 0 radical (unpaired) electrons. The molecule has 0 aromatic rings. The lowest BCUT2D eigenvalue weighted by atomic mass is 9.75. The van der Waals surface area contributed by atoms with E-state index in [9.17, 15) is 0 Å². The van der Waals surface area contributed by atoms with Gasteiger partial charge in [-0.25, -0.2) is 0 Å². The van der Waals surface area contributed by atoms with Crippen LogP contribution >= 0.6 is 0 Å². The molecule has 0 aromatic carbocycles. The van der Waals surface area contributed by atoms with E-state index in [4.69, 9.17) is 9.47 Å². The summed E-state index contributed by atoms with van der Waals surface area (Å²) in [6.07, 6.45) is 3.87. The molecule has 2 rings (SSSR count). The van der Waals surface area contributed by atoms with E-state index in [1.165, 1.54) is 38.9 Å². The van der Waals surface area contributed by atoms with E-state index in [0.29, 0.717) is 5.41 Å². The first kappa shape index (κ1) is 13.3. The summed E-state index contributed by atoms with van der Waals surface area (Å²) < 4.78 is 10.9. The molecular formula is C13H26N2O2. The second-order valence-electron chi connectivity index (χ2n) is 5.57. The summed E-state index contributed by atoms with van der Waals surface area (Å²) in [5.74, 6) is -0.331. The van der Waals surface area contributed by atoms with E-state index in [0.717, 1.165) is 13.1 Å². The Morgan fingerprint density at radius 2 is 1.71 bits per heavy atom. The van der Waals surface area contributed by atoms with Crippen LogP contribution in [0.25, 0.3) is 0 Å². The summed E-state index contributed by atoms with van der Waals surface area (Å²) >= 11 is 0. The summed E-state index contributed by atoms with van der Waals surface area (Å²) in [6.45, 7) is 7.68. The van der Waals surface area contributed by atoms with Crippen LogP contribution in [-0.4, -0.2) is 57.6 Å². The van der Waals surface area contributed by atoms with Crippen LogP contribution < -0.4 is 5.32 Å². The minimum Gasteiger partial charge on any atom is -0.351 e. The first-order chi connectivity index (χ1) is 8.17. The smallest absolute Gasteiger partial charge is 0.193 e. The number of ether oxygens (including phenoxy) is 2. The van der Waals surface area contributed by atoms with E-state index in [-0.39, 0.29) is 5.79 Å². The van der Waals surface area contributed by atoms with Crippen molar-refractivity contribution in [3.63, 3.8) is 0 Å². The Bertz CT molecular complexity index is 240. The number of rotatable bonds is 5. The molecule has 1 N–H and O–H groups in total. The van der Waals surface area contributed by atoms with E-state index in [1.807, 2.05) is 0 Å². The molecule has 2 heterocycles. The maximum Gasteiger partial charge on any atom is 0.193 e. The number of hydrogen-bond donors (Lipinski definition) is 1. The summed E-state index contributed by atoms with van der Waals surface area (Å²) in [4.78, 5) is 2.47. The highest BCUT2D eigenvalue weighted by atomic mass is 16.7. The molecule has 4 heteroatoms. The first-order valence-corrected chi connectivity index (χ1v) is 6.71. The molecule has 0 bridgehead atoms. The molecule has 2 saturated heterocycles. The lowest BCUT2D eigenvalue weighted by molar-refractivity contribution is -0.279. The van der Waals surface area contributed by atoms with Crippen molar-refractivity contribution >= 4 is 0 Å². The summed E-state index contributed by atoms with van der Waals surface area (Å²) in [6, 6.07) is 0. The molecule has 2 aliphatic rings. The van der Waals surface area contributed by atoms with Gasteiger partial charge in [-0.05, 0) is 37.8 Å². The zero-order valence-corrected chi connectivity index (χ0v) is 11.4. The predicted molar refractivity (Wildman–Crippen MR) is 68.0 cm³/mol. The Kier molecular flexibility index (Phi) is 4.08. The number of methoxy groups -OCH3 is 2. The molecule has 100 valence electrons. The third-order valence-corrected chi connectivity index (χ3v) is 4.65. The second-order valence-corrected chi connectivity index (χ2v) is 5.57. The first-order valence-electron chi connectivity index (χ1n) is 6.71. The van der Waals surface area contributed by atoms with Gasteiger partial charge in [-0.1, -0.05) is 6.92 Å². The molecule has 0 aromatic heterocycles. The topological polar surface area (TPSA) is 33.7 Å². The molecule has 2 aliphatic heterocycles. The van der Waals surface area contributed by atoms with Gasteiger partial charge in [-0.15, -0.1) is 0 Å². The SMILES string of the molecule is CCC1(CN2CC(OC)(OC)C2)CCNCC1. The third kappa shape index (κ3) is 2.65. The van der Waals surface area contributed by atoms with Crippen molar-refractivity contribution in [2.75, 3.05) is 46.9 Å². The molecule has 0 unspecified atom stereocenters. The van der Waals surface area contributed by atoms with E-state index in [1.54, 1.807) is 14.2 Å². The van der Waals surface area contributed by atoms with Gasteiger partial charge in [-0.2, -0.15) is 0 Å². The highest BCUT2D eigenvalue weighted by Crippen LogP contribution is 2.36. The fourth-order valence-electron chi connectivity index (χ4n) is 3.14. The van der Waals surface area contributed by atoms with Gasteiger partial charge in [-0.3, -0.25) is 4.90 Å². The van der Waals surface area contributed by atoms with Crippen LogP contribution in [0.3, 0.4) is 0 Å². The normalized spacial score (nSPS) is 27.7. The van der Waals surface area contributed by atoms with Crippen LogP contribution in [0.1, 0.15) is 26.2 Å². The number of piperidine rings is 1. The highest BCUT2D eigenvalue weighted by molar-refractivity contribution is 4.94. The molecule has 0 spiro atoms. The van der Waals surface area contributed by atoms with Gasteiger partial charge in [0.05, 0.1) is 13.1 Å². The van der Waals surface area contributed by atoms with Gasteiger partial charge in [0, 0.05) is 20.8 Å². The average Bonchev–Trinajstić information content (AvgIpc) is 2.34. The number of nitrogens with zero attached hydrogens (tertiary/aromatic N) is 1. The van der Waals surface area contributed by atoms with Crippen LogP contribution in [-0.2, 0) is 9.47 Å². The van der Waals surface area contributed by atoms with Crippen molar-refractivity contribution in [3.05, 3.63) is 0 Å². The molecule has 2 fully saturated rings. The van der Waals surface area contributed by atoms with E-state index < -0.39 is 0 Å². The Labute approximate surface area is 105 Å². The Hall–Kier alpha value is -0.160. The van der Waals surface area contributed by atoms with Crippen molar-refractivity contribution in [2.24, 2.45) is 5.41 Å². The van der Waals surface area contributed by atoms with Crippen LogP contribution in [0, 0.1) is 5.41 Å². The van der Waals surface area contributed by atoms with Gasteiger partial charge in [0.25, 0.3) is 0 Å². The lowest BCUT2D eigenvalue weighted by Crippen LogP contribution is -2.65. The fraction of sp³-hybridized carbons (Fsp3) is 1.00. The van der Waals surface area contributed by atoms with Gasteiger partial charge in [0.15, 0.2) is 5.79 Å². The Morgan fingerprint density at radius 3 is 2.18 bits per heavy atom. The number of hydrogen-bond acceptors (Lipinski definition) is 4. The molecule has 0 atom stereocenters. The number of likely N-dealkylation sites (tertiary alicyclic amines) is 1.